The average molecular weight is 256 g/mol. The smallest absolute Gasteiger partial charge is 0.326 e. The van der Waals surface area contributed by atoms with E-state index in [0.29, 0.717) is 6.42 Å². The van der Waals surface area contributed by atoms with Crippen LogP contribution in [0.4, 0.5) is 0 Å². The summed E-state index contributed by atoms with van der Waals surface area (Å²) in [5.74, 6) is 0.147. The lowest BCUT2D eigenvalue weighted by Crippen LogP contribution is -2.24. The Balaban J connectivity index is 1.87. The number of hydrogen-bond acceptors (Lipinski definition) is 2. The van der Waals surface area contributed by atoms with Gasteiger partial charge in [-0.1, -0.05) is 30.3 Å². The molecule has 1 N–H and O–H groups in total. The number of aryl methyl sites for hydroxylation is 1. The van der Waals surface area contributed by atoms with Crippen molar-refractivity contribution in [1.29, 1.82) is 0 Å². The first-order chi connectivity index (χ1) is 9.24. The number of imidazole rings is 1. The topological polar surface area (TPSA) is 55.1 Å². The second-order valence-corrected chi connectivity index (χ2v) is 4.96. The summed E-state index contributed by atoms with van der Waals surface area (Å²) in [7, 11) is 0. The van der Waals surface area contributed by atoms with Crippen LogP contribution in [-0.4, -0.2) is 20.6 Å². The molecular formula is C15H16N2O2. The van der Waals surface area contributed by atoms with E-state index in [1.165, 1.54) is 5.56 Å². The standard InChI is InChI=1S/C15H16N2O2/c18-15(19)13-7-4-8-14-16-12(10-17(13)14)9-11-5-2-1-3-6-11/h1-3,5-6,10,13H,4,7-9H2,(H,18,19). The van der Waals surface area contributed by atoms with Gasteiger partial charge < -0.3 is 9.67 Å². The minimum atomic E-state index is -0.760. The molecule has 19 heavy (non-hydrogen) atoms. The van der Waals surface area contributed by atoms with Gasteiger partial charge in [0.25, 0.3) is 0 Å². The van der Waals surface area contributed by atoms with Crippen LogP contribution in [0.5, 0.6) is 0 Å². The van der Waals surface area contributed by atoms with Crippen LogP contribution in [0.1, 0.15) is 36.0 Å². The Morgan fingerprint density at radius 3 is 2.89 bits per heavy atom. The molecule has 1 aliphatic heterocycles. The molecular weight excluding hydrogens is 240 g/mol. The van der Waals surface area contributed by atoms with Gasteiger partial charge in [0.1, 0.15) is 11.9 Å². The van der Waals surface area contributed by atoms with E-state index in [1.807, 2.05) is 29.0 Å². The van der Waals surface area contributed by atoms with Crippen LogP contribution in [0.3, 0.4) is 0 Å². The van der Waals surface area contributed by atoms with E-state index < -0.39 is 12.0 Å². The lowest BCUT2D eigenvalue weighted by Gasteiger charge is -2.20. The Bertz CT molecular complexity index is 589. The van der Waals surface area contributed by atoms with E-state index in [-0.39, 0.29) is 0 Å². The lowest BCUT2D eigenvalue weighted by atomic mass is 10.1. The van der Waals surface area contributed by atoms with Crippen LogP contribution < -0.4 is 0 Å². The summed E-state index contributed by atoms with van der Waals surface area (Å²) in [4.78, 5) is 15.8. The number of carbonyl (C=O) groups is 1. The fraction of sp³-hybridized carbons (Fsp3) is 0.333. The highest BCUT2D eigenvalue weighted by atomic mass is 16.4. The van der Waals surface area contributed by atoms with Gasteiger partial charge in [0.05, 0.1) is 5.69 Å². The first-order valence-electron chi connectivity index (χ1n) is 6.57. The molecule has 1 atom stereocenters. The third-order valence-corrected chi connectivity index (χ3v) is 3.59. The summed E-state index contributed by atoms with van der Waals surface area (Å²) in [5, 5.41) is 9.24. The summed E-state index contributed by atoms with van der Waals surface area (Å²) in [6, 6.07) is 9.68. The van der Waals surface area contributed by atoms with Crippen molar-refractivity contribution in [2.45, 2.75) is 31.7 Å². The van der Waals surface area contributed by atoms with Gasteiger partial charge in [0.2, 0.25) is 0 Å². The number of hydrogen-bond donors (Lipinski definition) is 1. The molecule has 98 valence electrons. The van der Waals surface area contributed by atoms with Crippen LogP contribution in [0.15, 0.2) is 36.5 Å². The Morgan fingerprint density at radius 1 is 1.37 bits per heavy atom. The van der Waals surface area contributed by atoms with E-state index in [2.05, 4.69) is 17.1 Å². The van der Waals surface area contributed by atoms with Crippen molar-refractivity contribution in [3.63, 3.8) is 0 Å². The molecule has 4 heteroatoms. The number of nitrogens with zero attached hydrogens (tertiary/aromatic N) is 2. The van der Waals surface area contributed by atoms with Gasteiger partial charge in [-0.3, -0.25) is 0 Å². The fourth-order valence-corrected chi connectivity index (χ4v) is 2.67. The zero-order valence-corrected chi connectivity index (χ0v) is 10.6. The van der Waals surface area contributed by atoms with Crippen LogP contribution >= 0.6 is 0 Å². The molecule has 4 nitrogen and oxygen atoms in total. The van der Waals surface area contributed by atoms with E-state index in [4.69, 9.17) is 0 Å². The zero-order chi connectivity index (χ0) is 13.2. The molecule has 0 saturated carbocycles. The van der Waals surface area contributed by atoms with Gasteiger partial charge in [-0.25, -0.2) is 9.78 Å². The number of carboxylic acids is 1. The molecule has 1 aromatic carbocycles. The number of rotatable bonds is 3. The molecule has 2 heterocycles. The van der Waals surface area contributed by atoms with Gasteiger partial charge in [0.15, 0.2) is 0 Å². The maximum Gasteiger partial charge on any atom is 0.326 e. The molecule has 2 aromatic rings. The third-order valence-electron chi connectivity index (χ3n) is 3.59. The summed E-state index contributed by atoms with van der Waals surface area (Å²) >= 11 is 0. The molecule has 3 rings (SSSR count). The lowest BCUT2D eigenvalue weighted by molar-refractivity contribution is -0.141. The number of carboxylic acid groups (broad SMARTS) is 1. The summed E-state index contributed by atoms with van der Waals surface area (Å²) in [5.41, 5.74) is 2.15. The van der Waals surface area contributed by atoms with Crippen molar-refractivity contribution >= 4 is 5.97 Å². The van der Waals surface area contributed by atoms with Crippen LogP contribution in [0.2, 0.25) is 0 Å². The van der Waals surface area contributed by atoms with Gasteiger partial charge in [-0.05, 0) is 18.4 Å². The van der Waals surface area contributed by atoms with Crippen molar-refractivity contribution < 1.29 is 9.90 Å². The summed E-state index contributed by atoms with van der Waals surface area (Å²) in [6.45, 7) is 0. The molecule has 1 unspecified atom stereocenters. The average Bonchev–Trinajstić information content (AvgIpc) is 2.81. The number of benzene rings is 1. The second-order valence-electron chi connectivity index (χ2n) is 4.96. The predicted molar refractivity (Wildman–Crippen MR) is 71.1 cm³/mol. The van der Waals surface area contributed by atoms with Gasteiger partial charge in [-0.2, -0.15) is 0 Å². The largest absolute Gasteiger partial charge is 0.480 e. The molecule has 1 aromatic heterocycles. The molecule has 0 fully saturated rings. The highest BCUT2D eigenvalue weighted by molar-refractivity contribution is 5.72. The minimum Gasteiger partial charge on any atom is -0.480 e. The van der Waals surface area contributed by atoms with Crippen LogP contribution in [-0.2, 0) is 17.6 Å². The van der Waals surface area contributed by atoms with Gasteiger partial charge in [0, 0.05) is 19.0 Å². The van der Waals surface area contributed by atoms with Crippen molar-refractivity contribution in [2.24, 2.45) is 0 Å². The first-order valence-corrected chi connectivity index (χ1v) is 6.57. The molecule has 0 radical (unpaired) electrons. The van der Waals surface area contributed by atoms with Crippen LogP contribution in [0, 0.1) is 0 Å². The molecule has 0 saturated heterocycles. The van der Waals surface area contributed by atoms with Gasteiger partial charge >= 0.3 is 5.97 Å². The Morgan fingerprint density at radius 2 is 2.16 bits per heavy atom. The van der Waals surface area contributed by atoms with Crippen molar-refractivity contribution in [3.8, 4) is 0 Å². The van der Waals surface area contributed by atoms with E-state index in [0.717, 1.165) is 30.8 Å². The highest BCUT2D eigenvalue weighted by Crippen LogP contribution is 2.25. The summed E-state index contributed by atoms with van der Waals surface area (Å²) < 4.78 is 1.84. The van der Waals surface area contributed by atoms with Crippen molar-refractivity contribution in [1.82, 2.24) is 9.55 Å². The van der Waals surface area contributed by atoms with Crippen molar-refractivity contribution in [2.75, 3.05) is 0 Å². The van der Waals surface area contributed by atoms with E-state index in [9.17, 15) is 9.90 Å². The number of fused-ring (bicyclic) bond motifs is 1. The zero-order valence-electron chi connectivity index (χ0n) is 10.6. The monoisotopic (exact) mass is 256 g/mol. The van der Waals surface area contributed by atoms with E-state index >= 15 is 0 Å². The van der Waals surface area contributed by atoms with E-state index in [1.54, 1.807) is 0 Å². The van der Waals surface area contributed by atoms with Crippen LogP contribution in [0.25, 0.3) is 0 Å². The molecule has 1 aliphatic rings. The quantitative estimate of drug-likeness (QED) is 0.917. The molecule has 0 amide bonds. The molecule has 0 aliphatic carbocycles. The fourth-order valence-electron chi connectivity index (χ4n) is 2.67. The Labute approximate surface area is 111 Å². The third kappa shape index (κ3) is 2.38. The molecule has 0 spiro atoms. The predicted octanol–water partition coefficient (Wildman–Crippen LogP) is 2.44. The Kier molecular flexibility index (Phi) is 3.07. The number of aliphatic carboxylic acids is 1. The normalized spacial score (nSPS) is 18.0. The number of aromatic nitrogens is 2. The maximum absolute atomic E-state index is 11.2. The maximum atomic E-state index is 11.2. The SMILES string of the molecule is O=C(O)C1CCCc2nc(Cc3ccccc3)cn21. The summed E-state index contributed by atoms with van der Waals surface area (Å²) in [6.07, 6.45) is 5.13. The Hall–Kier alpha value is -2.10. The first kappa shape index (κ1) is 12.0. The second kappa shape index (κ2) is 4.88. The highest BCUT2D eigenvalue weighted by Gasteiger charge is 2.26. The van der Waals surface area contributed by atoms with Crippen molar-refractivity contribution in [3.05, 3.63) is 53.6 Å². The molecule has 0 bridgehead atoms. The van der Waals surface area contributed by atoms with Gasteiger partial charge in [-0.15, -0.1) is 0 Å². The minimum absolute atomic E-state index is 0.444.